The molecule has 0 saturated carbocycles. The molecule has 1 aliphatic heterocycles. The van der Waals surface area contributed by atoms with Crippen molar-refractivity contribution in [2.75, 3.05) is 33.2 Å². The van der Waals surface area contributed by atoms with Crippen molar-refractivity contribution in [3.63, 3.8) is 0 Å². The molecule has 0 atom stereocenters. The van der Waals surface area contributed by atoms with Gasteiger partial charge in [-0.25, -0.2) is 9.97 Å². The van der Waals surface area contributed by atoms with Gasteiger partial charge in [-0.3, -0.25) is 0 Å². The molecule has 2 aromatic carbocycles. The highest BCUT2D eigenvalue weighted by Gasteiger charge is 2.19. The molecule has 2 N–H and O–H groups in total. The summed E-state index contributed by atoms with van der Waals surface area (Å²) in [7, 11) is 3.07. The zero-order valence-corrected chi connectivity index (χ0v) is 17.9. The van der Waals surface area contributed by atoms with Crippen LogP contribution >= 0.6 is 23.2 Å². The number of anilines is 1. The topological polar surface area (TPSA) is 79.5 Å². The lowest BCUT2D eigenvalue weighted by molar-refractivity contribution is 0.0968. The van der Waals surface area contributed by atoms with E-state index in [9.17, 15) is 0 Å². The van der Waals surface area contributed by atoms with Crippen molar-refractivity contribution in [1.29, 1.82) is 0 Å². The maximum Gasteiger partial charge on any atom is 0.220 e. The highest BCUT2D eigenvalue weighted by molar-refractivity contribution is 6.41. The Hall–Kier alpha value is -2.28. The van der Waals surface area contributed by atoms with Crippen LogP contribution in [0, 0.1) is 0 Å². The molecule has 3 aromatic rings. The van der Waals surface area contributed by atoms with Crippen LogP contribution in [-0.4, -0.2) is 37.4 Å². The minimum atomic E-state index is 0.226. The number of ether oxygens (including phenoxy) is 3. The molecule has 0 unspecified atom stereocenters. The fraction of sp³-hybridized carbons (Fsp3) is 0.333. The lowest BCUT2D eigenvalue weighted by atomic mass is 10.0. The molecule has 154 valence electrons. The van der Waals surface area contributed by atoms with Gasteiger partial charge >= 0.3 is 0 Å². The summed E-state index contributed by atoms with van der Waals surface area (Å²) in [5.41, 5.74) is 7.77. The van der Waals surface area contributed by atoms with E-state index in [1.54, 1.807) is 12.3 Å². The number of fused-ring (bicyclic) bond motifs is 1. The molecule has 0 bridgehead atoms. The molecule has 0 amide bonds. The minimum Gasteiger partial charge on any atom is -0.495 e. The van der Waals surface area contributed by atoms with E-state index in [2.05, 4.69) is 9.97 Å². The van der Waals surface area contributed by atoms with Crippen molar-refractivity contribution in [3.8, 4) is 22.6 Å². The first-order valence-corrected chi connectivity index (χ1v) is 10.0. The third kappa shape index (κ3) is 5.01. The fourth-order valence-corrected chi connectivity index (χ4v) is 3.75. The highest BCUT2D eigenvalue weighted by atomic mass is 35.5. The SMILES string of the molecule is C1CCOCC1.COc1cc(OC)c(Cl)c(-c2ccc3nc(N)ncc3c2)c1Cl. The Morgan fingerprint density at radius 3 is 2.14 bits per heavy atom. The number of benzene rings is 2. The Morgan fingerprint density at radius 1 is 0.966 bits per heavy atom. The quantitative estimate of drug-likeness (QED) is 0.593. The number of nitrogens with two attached hydrogens (primary N) is 1. The smallest absolute Gasteiger partial charge is 0.220 e. The predicted molar refractivity (Wildman–Crippen MR) is 117 cm³/mol. The van der Waals surface area contributed by atoms with Gasteiger partial charge in [0.2, 0.25) is 5.95 Å². The van der Waals surface area contributed by atoms with E-state index >= 15 is 0 Å². The second kappa shape index (κ2) is 9.96. The second-order valence-electron chi connectivity index (χ2n) is 6.46. The molecule has 8 heteroatoms. The number of methoxy groups -OCH3 is 2. The van der Waals surface area contributed by atoms with Crippen LogP contribution in [0.4, 0.5) is 5.95 Å². The lowest BCUT2D eigenvalue weighted by Crippen LogP contribution is -2.03. The van der Waals surface area contributed by atoms with Crippen LogP contribution in [-0.2, 0) is 4.74 Å². The molecule has 6 nitrogen and oxygen atoms in total. The summed E-state index contributed by atoms with van der Waals surface area (Å²) in [6.45, 7) is 2.00. The van der Waals surface area contributed by atoms with E-state index in [0.29, 0.717) is 27.1 Å². The highest BCUT2D eigenvalue weighted by Crippen LogP contribution is 2.46. The van der Waals surface area contributed by atoms with Gasteiger partial charge in [0.1, 0.15) is 11.5 Å². The van der Waals surface area contributed by atoms with E-state index < -0.39 is 0 Å². The van der Waals surface area contributed by atoms with Crippen LogP contribution in [0.2, 0.25) is 10.0 Å². The largest absolute Gasteiger partial charge is 0.495 e. The van der Waals surface area contributed by atoms with Crippen LogP contribution in [0.1, 0.15) is 19.3 Å². The molecule has 0 aliphatic carbocycles. The monoisotopic (exact) mass is 435 g/mol. The van der Waals surface area contributed by atoms with Crippen LogP contribution in [0.5, 0.6) is 11.5 Å². The third-order valence-electron chi connectivity index (χ3n) is 4.54. The normalized spacial score (nSPS) is 13.5. The predicted octanol–water partition coefficient (Wildman–Crippen LogP) is 5.39. The van der Waals surface area contributed by atoms with Gasteiger partial charge in [-0.2, -0.15) is 0 Å². The molecule has 0 spiro atoms. The van der Waals surface area contributed by atoms with Gasteiger partial charge < -0.3 is 19.9 Å². The molecular formula is C21H23Cl2N3O3. The minimum absolute atomic E-state index is 0.226. The van der Waals surface area contributed by atoms with Crippen molar-refractivity contribution in [3.05, 3.63) is 40.5 Å². The molecule has 1 fully saturated rings. The van der Waals surface area contributed by atoms with Crippen LogP contribution < -0.4 is 15.2 Å². The van der Waals surface area contributed by atoms with Crippen molar-refractivity contribution < 1.29 is 14.2 Å². The summed E-state index contributed by atoms with van der Waals surface area (Å²) in [6, 6.07) is 7.24. The Bertz CT molecular complexity index is 955. The molecule has 0 radical (unpaired) electrons. The molecule has 1 aliphatic rings. The standard InChI is InChI=1S/C16H13Cl2N3O2.C5H10O/c1-22-11-6-12(23-2)15(18)13(14(11)17)8-3-4-10-9(5-8)7-20-16(19)21-10;1-2-4-6-5-3-1/h3-7H,1-2H3,(H2,19,20,21);1-5H2. The number of rotatable bonds is 3. The number of nitrogen functional groups attached to an aromatic ring is 1. The summed E-state index contributed by atoms with van der Waals surface area (Å²) < 4.78 is 15.7. The van der Waals surface area contributed by atoms with Gasteiger partial charge in [0.25, 0.3) is 0 Å². The van der Waals surface area contributed by atoms with E-state index in [4.69, 9.17) is 43.1 Å². The number of aromatic nitrogens is 2. The number of hydrogen-bond donors (Lipinski definition) is 1. The van der Waals surface area contributed by atoms with Gasteiger partial charge in [0.15, 0.2) is 0 Å². The Morgan fingerprint density at radius 2 is 1.62 bits per heavy atom. The van der Waals surface area contributed by atoms with Gasteiger partial charge in [-0.05, 0) is 37.0 Å². The number of nitrogens with zero attached hydrogens (tertiary/aromatic N) is 2. The van der Waals surface area contributed by atoms with Gasteiger partial charge in [-0.15, -0.1) is 0 Å². The molecule has 1 aromatic heterocycles. The van der Waals surface area contributed by atoms with Gasteiger partial charge in [0, 0.05) is 36.4 Å². The fourth-order valence-electron chi connectivity index (χ4n) is 3.03. The number of hydrogen-bond acceptors (Lipinski definition) is 6. The summed E-state index contributed by atoms with van der Waals surface area (Å²) in [4.78, 5) is 8.18. The molecule has 29 heavy (non-hydrogen) atoms. The summed E-state index contributed by atoms with van der Waals surface area (Å²) in [5, 5.41) is 1.65. The van der Waals surface area contributed by atoms with Gasteiger partial charge in [-0.1, -0.05) is 29.3 Å². The Kier molecular flexibility index (Phi) is 7.36. The van der Waals surface area contributed by atoms with Crippen LogP contribution in [0.3, 0.4) is 0 Å². The zero-order chi connectivity index (χ0) is 20.8. The van der Waals surface area contributed by atoms with Crippen molar-refractivity contribution in [2.45, 2.75) is 19.3 Å². The lowest BCUT2D eigenvalue weighted by Gasteiger charge is -2.15. The molecule has 1 saturated heterocycles. The Labute approximate surface area is 179 Å². The zero-order valence-electron chi connectivity index (χ0n) is 16.4. The van der Waals surface area contributed by atoms with E-state index in [1.165, 1.54) is 33.5 Å². The van der Waals surface area contributed by atoms with Crippen molar-refractivity contribution in [1.82, 2.24) is 9.97 Å². The van der Waals surface area contributed by atoms with Crippen molar-refractivity contribution >= 4 is 40.1 Å². The van der Waals surface area contributed by atoms with E-state index in [0.717, 1.165) is 29.7 Å². The summed E-state index contributed by atoms with van der Waals surface area (Å²) in [5.74, 6) is 1.19. The Balaban J connectivity index is 0.000000343. The second-order valence-corrected chi connectivity index (χ2v) is 7.21. The first kappa shape index (κ1) is 21.4. The molecule has 2 heterocycles. The first-order valence-electron chi connectivity index (χ1n) is 9.25. The van der Waals surface area contributed by atoms with E-state index in [-0.39, 0.29) is 5.95 Å². The maximum atomic E-state index is 6.44. The maximum absolute atomic E-state index is 6.44. The molecular weight excluding hydrogens is 413 g/mol. The summed E-state index contributed by atoms with van der Waals surface area (Å²) in [6.07, 6.45) is 5.58. The van der Waals surface area contributed by atoms with E-state index in [1.807, 2.05) is 18.2 Å². The first-order chi connectivity index (χ1) is 14.0. The summed E-state index contributed by atoms with van der Waals surface area (Å²) >= 11 is 12.9. The number of halogens is 2. The molecule has 4 rings (SSSR count). The average Bonchev–Trinajstić information content (AvgIpc) is 2.76. The van der Waals surface area contributed by atoms with Crippen LogP contribution in [0.25, 0.3) is 22.0 Å². The third-order valence-corrected chi connectivity index (χ3v) is 5.29. The van der Waals surface area contributed by atoms with Crippen molar-refractivity contribution in [2.24, 2.45) is 0 Å². The van der Waals surface area contributed by atoms with Gasteiger partial charge in [0.05, 0.1) is 29.8 Å². The average molecular weight is 436 g/mol. The van der Waals surface area contributed by atoms with Crippen LogP contribution in [0.15, 0.2) is 30.5 Å².